The number of hydrogen-bond acceptors (Lipinski definition) is 3. The number of likely N-dealkylation sites (tertiary alicyclic amines) is 1. The molecular formula is C11H20N4O. The lowest BCUT2D eigenvalue weighted by Crippen LogP contribution is -2.56. The number of nitrogens with one attached hydrogen (secondary N) is 2. The predicted octanol–water partition coefficient (Wildman–Crippen LogP) is 0.863. The summed E-state index contributed by atoms with van der Waals surface area (Å²) in [5, 5.41) is 10.6. The monoisotopic (exact) mass is 224 g/mol. The SMILES string of the molecule is CCN1CCC2(CC1)C(=N)NC(=O)N2CC. The Morgan fingerprint density at radius 3 is 2.44 bits per heavy atom. The second kappa shape index (κ2) is 4.05. The lowest BCUT2D eigenvalue weighted by atomic mass is 9.85. The van der Waals surface area contributed by atoms with E-state index in [1.54, 1.807) is 0 Å². The molecule has 2 N–H and O–H groups in total. The van der Waals surface area contributed by atoms with Gasteiger partial charge in [-0.3, -0.25) is 10.7 Å². The van der Waals surface area contributed by atoms with Crippen LogP contribution in [0.5, 0.6) is 0 Å². The van der Waals surface area contributed by atoms with Crippen LogP contribution in [0.15, 0.2) is 0 Å². The quantitative estimate of drug-likeness (QED) is 0.731. The van der Waals surface area contributed by atoms with Crippen molar-refractivity contribution < 1.29 is 4.79 Å². The predicted molar refractivity (Wildman–Crippen MR) is 62.7 cm³/mol. The summed E-state index contributed by atoms with van der Waals surface area (Å²) in [6.07, 6.45) is 1.76. The molecule has 90 valence electrons. The molecule has 0 saturated carbocycles. The van der Waals surface area contributed by atoms with Gasteiger partial charge in [-0.1, -0.05) is 6.92 Å². The largest absolute Gasteiger partial charge is 0.323 e. The molecule has 0 radical (unpaired) electrons. The van der Waals surface area contributed by atoms with E-state index in [-0.39, 0.29) is 11.6 Å². The number of urea groups is 1. The van der Waals surface area contributed by atoms with Crippen molar-refractivity contribution >= 4 is 11.9 Å². The van der Waals surface area contributed by atoms with Gasteiger partial charge in [0, 0.05) is 19.6 Å². The van der Waals surface area contributed by atoms with Crippen LogP contribution in [0.2, 0.25) is 0 Å². The second-order valence-electron chi connectivity index (χ2n) is 4.52. The number of amides is 2. The highest BCUT2D eigenvalue weighted by molar-refractivity contribution is 6.08. The van der Waals surface area contributed by atoms with E-state index in [2.05, 4.69) is 17.1 Å². The summed E-state index contributed by atoms with van der Waals surface area (Å²) in [5.41, 5.74) is -0.336. The molecule has 0 aromatic rings. The summed E-state index contributed by atoms with van der Waals surface area (Å²) in [6, 6.07) is -0.0996. The minimum Gasteiger partial charge on any atom is -0.312 e. The molecule has 0 aromatic carbocycles. The molecule has 2 aliphatic rings. The van der Waals surface area contributed by atoms with Crippen LogP contribution in [-0.4, -0.2) is 53.4 Å². The third kappa shape index (κ3) is 1.50. The fraction of sp³-hybridized carbons (Fsp3) is 0.818. The molecule has 2 rings (SSSR count). The summed E-state index contributed by atoms with van der Waals surface area (Å²) in [4.78, 5) is 15.9. The van der Waals surface area contributed by atoms with Crippen LogP contribution in [0.1, 0.15) is 26.7 Å². The summed E-state index contributed by atoms with van der Waals surface area (Å²) in [6.45, 7) is 7.82. The summed E-state index contributed by atoms with van der Waals surface area (Å²) in [7, 11) is 0. The standard InChI is InChI=1S/C11H20N4O/c1-3-14-7-5-11(6-8-14)9(12)13-10(16)15(11)4-2/h3-8H2,1-2H3,(H2,12,13,16). The van der Waals surface area contributed by atoms with Crippen molar-refractivity contribution in [1.29, 1.82) is 5.41 Å². The molecule has 16 heavy (non-hydrogen) atoms. The maximum Gasteiger partial charge on any atom is 0.323 e. The van der Waals surface area contributed by atoms with E-state index in [1.165, 1.54) is 0 Å². The number of carbonyl (C=O) groups excluding carboxylic acids is 1. The third-order valence-corrected chi connectivity index (χ3v) is 3.91. The molecule has 2 heterocycles. The van der Waals surface area contributed by atoms with E-state index >= 15 is 0 Å². The highest BCUT2D eigenvalue weighted by Gasteiger charge is 2.50. The molecule has 5 heteroatoms. The summed E-state index contributed by atoms with van der Waals surface area (Å²) < 4.78 is 0. The van der Waals surface area contributed by atoms with Gasteiger partial charge < -0.3 is 9.80 Å². The Balaban J connectivity index is 2.17. The van der Waals surface area contributed by atoms with Crippen molar-refractivity contribution in [2.24, 2.45) is 0 Å². The maximum absolute atomic E-state index is 11.7. The van der Waals surface area contributed by atoms with Crippen molar-refractivity contribution in [3.63, 3.8) is 0 Å². The number of nitrogens with zero attached hydrogens (tertiary/aromatic N) is 2. The maximum atomic E-state index is 11.7. The average molecular weight is 224 g/mol. The number of rotatable bonds is 2. The third-order valence-electron chi connectivity index (χ3n) is 3.91. The lowest BCUT2D eigenvalue weighted by molar-refractivity contribution is 0.109. The molecular weight excluding hydrogens is 204 g/mol. The molecule has 2 amide bonds. The second-order valence-corrected chi connectivity index (χ2v) is 4.52. The molecule has 0 atom stereocenters. The fourth-order valence-electron chi connectivity index (χ4n) is 2.83. The first-order chi connectivity index (χ1) is 7.64. The molecule has 5 nitrogen and oxygen atoms in total. The topological polar surface area (TPSA) is 59.4 Å². The molecule has 2 fully saturated rings. The van der Waals surface area contributed by atoms with Gasteiger partial charge in [-0.05, 0) is 26.3 Å². The minimum atomic E-state index is -0.336. The van der Waals surface area contributed by atoms with Crippen LogP contribution >= 0.6 is 0 Å². The van der Waals surface area contributed by atoms with Crippen molar-refractivity contribution in [3.8, 4) is 0 Å². The van der Waals surface area contributed by atoms with Crippen LogP contribution < -0.4 is 5.32 Å². The Hall–Kier alpha value is -1.10. The number of likely N-dealkylation sites (N-methyl/N-ethyl adjacent to an activating group) is 1. The summed E-state index contributed by atoms with van der Waals surface area (Å²) in [5.74, 6) is 0.398. The van der Waals surface area contributed by atoms with Crippen LogP contribution in [-0.2, 0) is 0 Å². The first-order valence-corrected chi connectivity index (χ1v) is 6.04. The van der Waals surface area contributed by atoms with Gasteiger partial charge in [0.1, 0.15) is 11.4 Å². The van der Waals surface area contributed by atoms with Crippen molar-refractivity contribution in [1.82, 2.24) is 15.1 Å². The van der Waals surface area contributed by atoms with Crippen molar-refractivity contribution in [2.45, 2.75) is 32.2 Å². The molecule has 1 spiro atoms. The molecule has 2 saturated heterocycles. The van der Waals surface area contributed by atoms with E-state index in [4.69, 9.17) is 5.41 Å². The van der Waals surface area contributed by atoms with E-state index in [1.807, 2.05) is 11.8 Å². The Morgan fingerprint density at radius 1 is 1.31 bits per heavy atom. The zero-order valence-electron chi connectivity index (χ0n) is 10.0. The van der Waals surface area contributed by atoms with E-state index in [0.717, 1.165) is 32.5 Å². The van der Waals surface area contributed by atoms with Gasteiger partial charge in [-0.25, -0.2) is 4.79 Å². The molecule has 0 aromatic heterocycles. The highest BCUT2D eigenvalue weighted by Crippen LogP contribution is 2.32. The smallest absolute Gasteiger partial charge is 0.312 e. The van der Waals surface area contributed by atoms with Crippen molar-refractivity contribution in [2.75, 3.05) is 26.2 Å². The molecule has 0 unspecified atom stereocenters. The highest BCUT2D eigenvalue weighted by atomic mass is 16.2. The van der Waals surface area contributed by atoms with Gasteiger partial charge in [-0.15, -0.1) is 0 Å². The van der Waals surface area contributed by atoms with Gasteiger partial charge in [-0.2, -0.15) is 0 Å². The minimum absolute atomic E-state index is 0.0996. The fourth-order valence-corrected chi connectivity index (χ4v) is 2.83. The molecule has 0 aliphatic carbocycles. The zero-order valence-corrected chi connectivity index (χ0v) is 10.0. The van der Waals surface area contributed by atoms with Gasteiger partial charge >= 0.3 is 6.03 Å². The van der Waals surface area contributed by atoms with Crippen molar-refractivity contribution in [3.05, 3.63) is 0 Å². The van der Waals surface area contributed by atoms with Gasteiger partial charge in [0.05, 0.1) is 0 Å². The first kappa shape index (κ1) is 11.4. The molecule has 0 bridgehead atoms. The van der Waals surface area contributed by atoms with Gasteiger partial charge in [0.15, 0.2) is 0 Å². The van der Waals surface area contributed by atoms with Gasteiger partial charge in [0.2, 0.25) is 0 Å². The van der Waals surface area contributed by atoms with Crippen LogP contribution in [0.4, 0.5) is 4.79 Å². The van der Waals surface area contributed by atoms with Gasteiger partial charge in [0.25, 0.3) is 0 Å². The number of hydrogen-bond donors (Lipinski definition) is 2. The van der Waals surface area contributed by atoms with Crippen LogP contribution in [0.3, 0.4) is 0 Å². The average Bonchev–Trinajstić information content (AvgIpc) is 2.52. The van der Waals surface area contributed by atoms with Crippen LogP contribution in [0, 0.1) is 5.41 Å². The molecule has 2 aliphatic heterocycles. The Bertz CT molecular complexity index is 307. The normalized spacial score (nSPS) is 25.2. The Morgan fingerprint density at radius 2 is 1.94 bits per heavy atom. The Labute approximate surface area is 96.3 Å². The van der Waals surface area contributed by atoms with E-state index in [0.29, 0.717) is 12.4 Å². The Kier molecular flexibility index (Phi) is 2.88. The number of piperidine rings is 1. The lowest BCUT2D eigenvalue weighted by Gasteiger charge is -2.42. The van der Waals surface area contributed by atoms with Crippen LogP contribution in [0.25, 0.3) is 0 Å². The zero-order chi connectivity index (χ0) is 11.8. The summed E-state index contributed by atoms with van der Waals surface area (Å²) >= 11 is 0. The van der Waals surface area contributed by atoms with E-state index in [9.17, 15) is 4.79 Å². The number of carbonyl (C=O) groups is 1. The van der Waals surface area contributed by atoms with E-state index < -0.39 is 0 Å². The number of amidine groups is 1. The first-order valence-electron chi connectivity index (χ1n) is 6.04.